The molecule has 0 aromatic heterocycles. The van der Waals surface area contributed by atoms with Gasteiger partial charge in [0.2, 0.25) is 5.91 Å². The molecule has 1 heterocycles. The summed E-state index contributed by atoms with van der Waals surface area (Å²) >= 11 is 0. The van der Waals surface area contributed by atoms with E-state index in [2.05, 4.69) is 10.6 Å². The van der Waals surface area contributed by atoms with Crippen molar-refractivity contribution in [2.75, 3.05) is 20.1 Å². The predicted molar refractivity (Wildman–Crippen MR) is 77.8 cm³/mol. The second-order valence-electron chi connectivity index (χ2n) is 5.51. The summed E-state index contributed by atoms with van der Waals surface area (Å²) in [6, 6.07) is -0.179. The van der Waals surface area contributed by atoms with E-state index >= 15 is 0 Å². The fraction of sp³-hybridized carbons (Fsp3) is 0.786. The summed E-state index contributed by atoms with van der Waals surface area (Å²) in [5.74, 6) is -0.783. The number of aliphatic carboxylic acids is 1. The molecule has 1 saturated heterocycles. The van der Waals surface area contributed by atoms with Crippen LogP contribution in [0.5, 0.6) is 0 Å². The van der Waals surface area contributed by atoms with Gasteiger partial charge in [-0.1, -0.05) is 0 Å². The molecule has 0 aliphatic carbocycles. The fourth-order valence-corrected chi connectivity index (χ4v) is 2.48. The van der Waals surface area contributed by atoms with Crippen LogP contribution in [0.2, 0.25) is 0 Å². The predicted octanol–water partition coefficient (Wildman–Crippen LogP) is 0.797. The van der Waals surface area contributed by atoms with Crippen molar-refractivity contribution in [2.45, 2.75) is 45.1 Å². The molecule has 21 heavy (non-hydrogen) atoms. The number of urea groups is 1. The highest BCUT2D eigenvalue weighted by molar-refractivity contribution is 5.79. The maximum atomic E-state index is 12.0. The lowest BCUT2D eigenvalue weighted by Crippen LogP contribution is -2.48. The third-order valence-corrected chi connectivity index (χ3v) is 3.80. The van der Waals surface area contributed by atoms with Gasteiger partial charge in [-0.05, 0) is 32.6 Å². The van der Waals surface area contributed by atoms with Crippen molar-refractivity contribution in [1.29, 1.82) is 0 Å². The molecule has 0 spiro atoms. The van der Waals surface area contributed by atoms with Crippen LogP contribution in [0.25, 0.3) is 0 Å². The number of nitrogens with one attached hydrogen (secondary N) is 2. The summed E-state index contributed by atoms with van der Waals surface area (Å²) in [4.78, 5) is 35.7. The molecule has 1 aliphatic heterocycles. The van der Waals surface area contributed by atoms with E-state index in [-0.39, 0.29) is 30.3 Å². The van der Waals surface area contributed by atoms with Crippen LogP contribution in [-0.2, 0) is 9.59 Å². The molecule has 0 aromatic carbocycles. The van der Waals surface area contributed by atoms with E-state index in [0.29, 0.717) is 38.8 Å². The number of hydrogen-bond donors (Lipinski definition) is 3. The molecule has 1 fully saturated rings. The molecule has 3 amide bonds. The maximum Gasteiger partial charge on any atom is 0.317 e. The minimum Gasteiger partial charge on any atom is -0.481 e. The van der Waals surface area contributed by atoms with Crippen LogP contribution in [0.15, 0.2) is 0 Å². The lowest BCUT2D eigenvalue weighted by atomic mass is 9.96. The van der Waals surface area contributed by atoms with Crippen LogP contribution in [0, 0.1) is 5.92 Å². The number of hydrogen-bond acceptors (Lipinski definition) is 3. The third kappa shape index (κ3) is 6.01. The van der Waals surface area contributed by atoms with Gasteiger partial charge in [-0.25, -0.2) is 4.79 Å². The second kappa shape index (κ2) is 8.49. The molecule has 1 aliphatic rings. The molecule has 3 N–H and O–H groups in total. The van der Waals surface area contributed by atoms with E-state index in [9.17, 15) is 14.4 Å². The van der Waals surface area contributed by atoms with Gasteiger partial charge >= 0.3 is 12.0 Å². The van der Waals surface area contributed by atoms with Gasteiger partial charge in [-0.15, -0.1) is 0 Å². The van der Waals surface area contributed by atoms with Crippen LogP contribution in [-0.4, -0.2) is 54.1 Å². The second-order valence-corrected chi connectivity index (χ2v) is 5.51. The van der Waals surface area contributed by atoms with E-state index in [4.69, 9.17) is 5.11 Å². The minimum absolute atomic E-state index is 0.00737. The lowest BCUT2D eigenvalue weighted by molar-refractivity contribution is -0.137. The monoisotopic (exact) mass is 299 g/mol. The molecule has 0 radical (unpaired) electrons. The zero-order valence-corrected chi connectivity index (χ0v) is 12.7. The van der Waals surface area contributed by atoms with Gasteiger partial charge in [0.15, 0.2) is 0 Å². The number of carbonyl (C=O) groups excluding carboxylic acids is 2. The van der Waals surface area contributed by atoms with Crippen LogP contribution in [0.1, 0.15) is 39.0 Å². The number of nitrogens with zero attached hydrogens (tertiary/aromatic N) is 1. The number of rotatable bonds is 6. The van der Waals surface area contributed by atoms with Gasteiger partial charge in [0.25, 0.3) is 0 Å². The zero-order chi connectivity index (χ0) is 15.8. The molecule has 7 nitrogen and oxygen atoms in total. The van der Waals surface area contributed by atoms with E-state index in [0.717, 1.165) is 0 Å². The topological polar surface area (TPSA) is 98.7 Å². The fourth-order valence-electron chi connectivity index (χ4n) is 2.48. The molecule has 1 unspecified atom stereocenters. The summed E-state index contributed by atoms with van der Waals surface area (Å²) < 4.78 is 0. The van der Waals surface area contributed by atoms with Gasteiger partial charge in [-0.3, -0.25) is 9.59 Å². The smallest absolute Gasteiger partial charge is 0.317 e. The number of carbonyl (C=O) groups is 3. The number of piperidine rings is 1. The van der Waals surface area contributed by atoms with Gasteiger partial charge < -0.3 is 20.6 Å². The molecular formula is C14H25N3O4. The van der Waals surface area contributed by atoms with E-state index in [1.165, 1.54) is 0 Å². The Hall–Kier alpha value is -1.79. The van der Waals surface area contributed by atoms with Crippen molar-refractivity contribution in [3.05, 3.63) is 0 Å². The summed E-state index contributed by atoms with van der Waals surface area (Å²) in [7, 11) is 1.63. The highest BCUT2D eigenvalue weighted by Crippen LogP contribution is 2.17. The number of carboxylic acids is 1. The molecule has 0 aromatic rings. The first kappa shape index (κ1) is 17.3. The number of amides is 3. The van der Waals surface area contributed by atoms with E-state index in [1.54, 1.807) is 11.9 Å². The van der Waals surface area contributed by atoms with E-state index < -0.39 is 5.97 Å². The van der Waals surface area contributed by atoms with Crippen molar-refractivity contribution < 1.29 is 19.5 Å². The van der Waals surface area contributed by atoms with Gasteiger partial charge in [0.1, 0.15) is 0 Å². The van der Waals surface area contributed by atoms with Crippen LogP contribution in [0.4, 0.5) is 4.79 Å². The third-order valence-electron chi connectivity index (χ3n) is 3.80. The van der Waals surface area contributed by atoms with Gasteiger partial charge in [0.05, 0.1) is 0 Å². The summed E-state index contributed by atoms with van der Waals surface area (Å²) in [6.07, 6.45) is 2.68. The Bertz CT molecular complexity index is 378. The standard InChI is InChI=1S/C14H25N3O4/c1-10(4-3-5-12(18)19)16-14(21)17-8-6-11(7-9-17)13(20)15-2/h10-11H,3-9H2,1-2H3,(H,15,20)(H,16,21)(H,18,19). The molecule has 1 rings (SSSR count). The van der Waals surface area contributed by atoms with E-state index in [1.807, 2.05) is 6.92 Å². The van der Waals surface area contributed by atoms with Crippen LogP contribution >= 0.6 is 0 Å². The Morgan fingerprint density at radius 1 is 1.29 bits per heavy atom. The Balaban J connectivity index is 2.27. The SMILES string of the molecule is CNC(=O)C1CCN(C(=O)NC(C)CCCC(=O)O)CC1. The highest BCUT2D eigenvalue weighted by Gasteiger charge is 2.27. The average molecular weight is 299 g/mol. The minimum atomic E-state index is -0.815. The Labute approximate surface area is 125 Å². The number of likely N-dealkylation sites (tertiary alicyclic amines) is 1. The van der Waals surface area contributed by atoms with Crippen molar-refractivity contribution in [3.63, 3.8) is 0 Å². The zero-order valence-electron chi connectivity index (χ0n) is 12.7. The van der Waals surface area contributed by atoms with Crippen molar-refractivity contribution in [3.8, 4) is 0 Å². The summed E-state index contributed by atoms with van der Waals surface area (Å²) in [6.45, 7) is 3.02. The quantitative estimate of drug-likeness (QED) is 0.675. The summed E-state index contributed by atoms with van der Waals surface area (Å²) in [5.41, 5.74) is 0. The van der Waals surface area contributed by atoms with Crippen molar-refractivity contribution in [1.82, 2.24) is 15.5 Å². The highest BCUT2D eigenvalue weighted by atomic mass is 16.4. The van der Waals surface area contributed by atoms with Crippen molar-refractivity contribution in [2.24, 2.45) is 5.92 Å². The van der Waals surface area contributed by atoms with Crippen LogP contribution in [0.3, 0.4) is 0 Å². The van der Waals surface area contributed by atoms with Gasteiger partial charge in [0, 0.05) is 38.5 Å². The largest absolute Gasteiger partial charge is 0.481 e. The average Bonchev–Trinajstić information content (AvgIpc) is 2.46. The first-order valence-corrected chi connectivity index (χ1v) is 7.43. The number of carboxylic acid groups (broad SMARTS) is 1. The first-order chi connectivity index (χ1) is 9.93. The molecule has 1 atom stereocenters. The van der Waals surface area contributed by atoms with Crippen LogP contribution < -0.4 is 10.6 Å². The molecular weight excluding hydrogens is 274 g/mol. The normalized spacial score (nSPS) is 17.1. The Morgan fingerprint density at radius 3 is 2.43 bits per heavy atom. The molecule has 7 heteroatoms. The maximum absolute atomic E-state index is 12.0. The Morgan fingerprint density at radius 2 is 1.90 bits per heavy atom. The first-order valence-electron chi connectivity index (χ1n) is 7.43. The molecule has 120 valence electrons. The Kier molecular flexibility index (Phi) is 6.98. The molecule has 0 saturated carbocycles. The van der Waals surface area contributed by atoms with Crippen molar-refractivity contribution >= 4 is 17.9 Å². The lowest BCUT2D eigenvalue weighted by Gasteiger charge is -2.32. The van der Waals surface area contributed by atoms with Gasteiger partial charge in [-0.2, -0.15) is 0 Å². The summed E-state index contributed by atoms with van der Waals surface area (Å²) in [5, 5.41) is 14.1. The molecule has 0 bridgehead atoms.